The van der Waals surface area contributed by atoms with Gasteiger partial charge in [-0.15, -0.1) is 48.0 Å². The fourth-order valence-corrected chi connectivity index (χ4v) is 18.7. The third-order valence-corrected chi connectivity index (χ3v) is 28.1. The van der Waals surface area contributed by atoms with Crippen LogP contribution >= 0.6 is 63.9 Å². The average Bonchev–Trinajstić information content (AvgIpc) is 0.854. The van der Waals surface area contributed by atoms with Gasteiger partial charge >= 0.3 is 0 Å². The van der Waals surface area contributed by atoms with Crippen molar-refractivity contribution in [3.05, 3.63) is 395 Å². The summed E-state index contributed by atoms with van der Waals surface area (Å²) in [6, 6.07) is 116. The predicted octanol–water partition coefficient (Wildman–Crippen LogP) is 25.0. The number of halogens is 6. The first-order valence-corrected chi connectivity index (χ1v) is 52.1. The molecule has 6 fully saturated rings. The summed E-state index contributed by atoms with van der Waals surface area (Å²) < 4.78 is 15.5. The molecule has 11 N–H and O–H groups in total. The first kappa shape index (κ1) is 125. The molecule has 6 aliphatic heterocycles. The second-order valence-corrected chi connectivity index (χ2v) is 37.9. The Morgan fingerprint density at radius 2 is 0.582 bits per heavy atom. The molecule has 6 aliphatic rings. The van der Waals surface area contributed by atoms with Gasteiger partial charge in [0, 0.05) is 76.3 Å². The Morgan fingerprint density at radius 1 is 0.369 bits per heavy atom. The van der Waals surface area contributed by atoms with Crippen molar-refractivity contribution in [1.29, 1.82) is 0 Å². The molecule has 22 heteroatoms. The third-order valence-electron chi connectivity index (χ3n) is 27.5. The van der Waals surface area contributed by atoms with Gasteiger partial charge in [-0.05, 0) is 228 Å². The molecule has 0 radical (unpaired) electrons. The van der Waals surface area contributed by atoms with Crippen molar-refractivity contribution in [2.45, 2.75) is 197 Å². The number of hydrogen-bond acceptors (Lipinski definition) is 14. The highest BCUT2D eigenvalue weighted by molar-refractivity contribution is 9.08. The van der Waals surface area contributed by atoms with Crippen LogP contribution in [0.1, 0.15) is 195 Å². The zero-order chi connectivity index (χ0) is 100. The zero-order valence-electron chi connectivity index (χ0n) is 86.5. The van der Waals surface area contributed by atoms with E-state index in [-0.39, 0.29) is 53.9 Å². The maximum absolute atomic E-state index is 11.1. The highest BCUT2D eigenvalue weighted by Gasteiger charge is 2.38. The number of carbonyl (C=O) groups excluding carboxylic acids is 1. The number of rotatable bonds is 23. The topological polar surface area (TPSA) is 211 Å². The summed E-state index contributed by atoms with van der Waals surface area (Å²) in [5.41, 5.74) is 20.2. The standard InChI is InChI=1S/C19H22N2O.C19H23N.C18H22N2.C18H21NO.C12H17N.C11H15NO.C7H7Br.2C6H15N.CH2Cl2.CH3F.CH2O2.2ClH.H3N/c22-16-20-19(18-9-5-2-6-10-18)11-13-21(14-12-19)15-17-7-3-1-4-8-17;1-19(18-10-6-3-7-11-18)12-14-20(15-13-19)16-17-8-4-2-5-9-17;19-18(17-9-5-2-6-10-17)11-13-20(14-12-18)15-16-7-3-1-4-8-16;20-18(17-9-5-2-6-10-17)11-13-19(14-12-18)15-16-7-3-1-4-8-16;1-12(7-9-13-10-8-12)11-5-3-2-4-6-11;13-11(6-8-12-9-7-11)10-4-2-1-3-5-10;8-6-7-4-2-1-3-5-7;2*1-4-7(5-2)6-3;2-1-3;1-2;2-1-3;;;/h1-10,16H,11-15H2,(H,20,22);2-11H,12-16H2,1H3;1-10H,11-15,19H2;1-10,20H,11-15H2;2-6,13H,7-10H2,1H3;1-5,12-13H,6-9H2;1-5H,6H2;2*4-6H2,1-3H3;1H2;1H3;1H,(H,2,3);2*1H;1H3/i;;;;;;;;;;1D;;;;. The van der Waals surface area contributed by atoms with Crippen LogP contribution in [0.3, 0.4) is 0 Å². The highest BCUT2D eigenvalue weighted by Crippen LogP contribution is 2.39. The summed E-state index contributed by atoms with van der Waals surface area (Å²) in [7, 11) is -1.00. The van der Waals surface area contributed by atoms with E-state index >= 15 is 0 Å². The molecule has 16 nitrogen and oxygen atoms in total. The number of benzene rings is 11. The quantitative estimate of drug-likeness (QED) is 0.0221. The van der Waals surface area contributed by atoms with Crippen LogP contribution in [-0.2, 0) is 74.2 Å². The van der Waals surface area contributed by atoms with E-state index in [4.69, 9.17) is 40.2 Å². The molecule has 0 saturated carbocycles. The van der Waals surface area contributed by atoms with E-state index in [2.05, 4.69) is 341 Å². The summed E-state index contributed by atoms with van der Waals surface area (Å²) in [6.07, 6.45) is 13.1. The van der Waals surface area contributed by atoms with Gasteiger partial charge in [0.15, 0.2) is 0 Å². The Hall–Kier alpha value is -8.55. The summed E-state index contributed by atoms with van der Waals surface area (Å²) in [5.74, 6) is 0. The maximum atomic E-state index is 11.1. The monoisotopic (exact) mass is 2070 g/mol. The molecule has 0 unspecified atom stereocenters. The van der Waals surface area contributed by atoms with Crippen molar-refractivity contribution in [2.75, 3.05) is 130 Å². The zero-order valence-corrected chi connectivity index (χ0v) is 90.3. The van der Waals surface area contributed by atoms with E-state index in [0.717, 1.165) is 166 Å². The first-order chi connectivity index (χ1) is 67.6. The first-order valence-electron chi connectivity index (χ1n) is 50.7. The molecule has 1 amide bonds. The average molecular weight is 2080 g/mol. The van der Waals surface area contributed by atoms with Gasteiger partial charge in [-0.1, -0.05) is 405 Å². The fourth-order valence-electron chi connectivity index (χ4n) is 18.4. The van der Waals surface area contributed by atoms with Crippen LogP contribution in [-0.4, -0.2) is 188 Å². The van der Waals surface area contributed by atoms with E-state index in [1.807, 2.05) is 109 Å². The molecule has 17 rings (SSSR count). The fraction of sp³-hybridized carbons (Fsp3) is 0.429. The lowest BCUT2D eigenvalue weighted by molar-refractivity contribution is -0.123. The van der Waals surface area contributed by atoms with E-state index in [1.165, 1.54) is 128 Å². The molecule has 0 bridgehead atoms. The van der Waals surface area contributed by atoms with Crippen molar-refractivity contribution in [3.8, 4) is 0 Å². The van der Waals surface area contributed by atoms with Crippen molar-refractivity contribution in [3.63, 3.8) is 0 Å². The molecule has 0 spiro atoms. The Kier molecular flexibility index (Phi) is 65.0. The van der Waals surface area contributed by atoms with Gasteiger partial charge in [0.05, 0.1) is 30.6 Å². The Bertz CT molecular complexity index is 4480. The van der Waals surface area contributed by atoms with E-state index in [1.54, 1.807) is 0 Å². The van der Waals surface area contributed by atoms with Gasteiger partial charge in [-0.3, -0.25) is 33.6 Å². The molecule has 11 aromatic carbocycles. The minimum Gasteiger partial charge on any atom is -0.483 e. The number of amides is 1. The minimum absolute atomic E-state index is 0. The Morgan fingerprint density at radius 3 is 0.837 bits per heavy atom. The lowest BCUT2D eigenvalue weighted by Gasteiger charge is -2.42. The molecular weight excluding hydrogens is 1900 g/mol. The summed E-state index contributed by atoms with van der Waals surface area (Å²) in [4.78, 5) is 34.2. The number of nitrogens with two attached hydrogens (primary N) is 1. The molecule has 141 heavy (non-hydrogen) atoms. The van der Waals surface area contributed by atoms with Crippen LogP contribution in [0.2, 0.25) is 0 Å². The number of alkyl halides is 4. The van der Waals surface area contributed by atoms with Gasteiger partial charge in [0.2, 0.25) is 6.41 Å². The van der Waals surface area contributed by atoms with Crippen molar-refractivity contribution in [1.82, 2.24) is 51.5 Å². The van der Waals surface area contributed by atoms with Crippen LogP contribution < -0.4 is 27.8 Å². The molecule has 0 aliphatic carbocycles. The van der Waals surface area contributed by atoms with Gasteiger partial charge in [-0.25, -0.2) is 0 Å². The minimum atomic E-state index is -1.00. The number of likely N-dealkylation sites (tertiary alicyclic amines) is 4. The van der Waals surface area contributed by atoms with E-state index in [0.29, 0.717) is 10.8 Å². The number of carboxylic acid groups (broad SMARTS) is 1. The molecule has 11 aromatic rings. The molecule has 772 valence electrons. The van der Waals surface area contributed by atoms with Crippen LogP contribution in [0.5, 0.6) is 0 Å². The molecular formula is C119H169BrCl4FN11O5. The second-order valence-electron chi connectivity index (χ2n) is 36.5. The Labute approximate surface area is 880 Å². The molecule has 6 saturated heterocycles. The largest absolute Gasteiger partial charge is 0.483 e. The number of carbonyl (C=O) groups is 2. The van der Waals surface area contributed by atoms with Crippen LogP contribution in [0, 0.1) is 0 Å². The van der Waals surface area contributed by atoms with Crippen molar-refractivity contribution >= 4 is 76.8 Å². The SMILES string of the molecule is BrCc1ccccc1.CC1(c2ccccc2)CCN(Cc2ccccc2)CC1.CC1(c2ccccc2)CCNCC1.CCN(CC)CC.CCN(CC)CC.Cl.Cl.ClCCl.N.NC1(c2ccccc2)CCN(Cc2ccccc2)CC1.O=CNC1(c2ccccc2)CCN(Cc2ccccc2)CC1.O=CO.OC1(c2ccccc2)CCN(Cc2ccccc2)CC1.OC1(c2ccccc2)CCNCC1.[2H]CF. The number of nitrogens with one attached hydrogen (secondary N) is 3. The second kappa shape index (κ2) is 73.5. The van der Waals surface area contributed by atoms with Gasteiger partial charge in [0.1, 0.15) is 0 Å². The molecule has 6 heterocycles. The highest BCUT2D eigenvalue weighted by atomic mass is 79.9. The van der Waals surface area contributed by atoms with Gasteiger partial charge in [-0.2, -0.15) is 0 Å². The summed E-state index contributed by atoms with van der Waals surface area (Å²) in [5, 5.41) is 38.9. The van der Waals surface area contributed by atoms with Crippen LogP contribution in [0.4, 0.5) is 4.39 Å². The summed E-state index contributed by atoms with van der Waals surface area (Å²) >= 11 is 12.9. The lowest BCUT2D eigenvalue weighted by Crippen LogP contribution is -2.50. The van der Waals surface area contributed by atoms with Gasteiger partial charge in [0.25, 0.3) is 6.47 Å². The van der Waals surface area contributed by atoms with E-state index < -0.39 is 18.4 Å². The molecule has 0 atom stereocenters. The maximum Gasteiger partial charge on any atom is 0.290 e. The summed E-state index contributed by atoms with van der Waals surface area (Å²) in [6.45, 7) is 41.4. The van der Waals surface area contributed by atoms with Crippen LogP contribution in [0.25, 0.3) is 0 Å². The van der Waals surface area contributed by atoms with E-state index in [9.17, 15) is 19.4 Å². The number of piperidine rings is 6. The normalized spacial score (nSPS) is 16.6. The van der Waals surface area contributed by atoms with Crippen molar-refractivity contribution in [2.24, 2.45) is 5.73 Å². The van der Waals surface area contributed by atoms with Crippen molar-refractivity contribution < 1.29 is 30.7 Å². The number of aliphatic hydroxyl groups is 2. The number of nitrogens with zero attached hydrogens (tertiary/aromatic N) is 6. The third kappa shape index (κ3) is 46.6. The Balaban J connectivity index is 0.000000414. The predicted molar refractivity (Wildman–Crippen MR) is 604 cm³/mol. The van der Waals surface area contributed by atoms with Crippen LogP contribution in [0.15, 0.2) is 334 Å². The number of hydrogen-bond donors (Lipinski definition) is 8. The smallest absolute Gasteiger partial charge is 0.290 e. The van der Waals surface area contributed by atoms with Gasteiger partial charge < -0.3 is 53.0 Å². The lowest BCUT2D eigenvalue weighted by atomic mass is 9.74. The molecule has 0 aromatic heterocycles.